The molecule has 0 aliphatic rings. The number of hydrogen-bond acceptors (Lipinski definition) is 7. The van der Waals surface area contributed by atoms with E-state index in [1.807, 2.05) is 127 Å². The maximum atomic E-state index is 5.99. The highest BCUT2D eigenvalue weighted by Crippen LogP contribution is 2.39. The molecule has 3 heterocycles. The number of fused-ring (bicyclic) bond motifs is 13. The first-order valence-electron chi connectivity index (χ1n) is 30.5. The van der Waals surface area contributed by atoms with E-state index in [9.17, 15) is 0 Å². The molecule has 434 valence electrons. The highest BCUT2D eigenvalue weighted by molar-refractivity contribution is 6.15. The van der Waals surface area contributed by atoms with E-state index in [1.54, 1.807) is 0 Å². The fraction of sp³-hybridized carbons (Fsp3) is 0. The summed E-state index contributed by atoms with van der Waals surface area (Å²) in [5, 5.41) is 28.4. The number of anilines is 8. The van der Waals surface area contributed by atoms with Gasteiger partial charge in [0.2, 0.25) is 0 Å². The molecule has 4 N–H and O–H groups in total. The lowest BCUT2D eigenvalue weighted by Gasteiger charge is -2.12. The fourth-order valence-corrected chi connectivity index (χ4v) is 12.1. The Hall–Kier alpha value is -12.3. The van der Waals surface area contributed by atoms with Gasteiger partial charge in [0.1, 0.15) is 27.9 Å². The van der Waals surface area contributed by atoms with Crippen molar-refractivity contribution in [1.82, 2.24) is 0 Å². The maximum Gasteiger partial charge on any atom is 0.158 e. The van der Waals surface area contributed by atoms with Gasteiger partial charge in [0.15, 0.2) is 5.58 Å². The van der Waals surface area contributed by atoms with Crippen LogP contribution in [0.2, 0.25) is 0 Å². The molecular weight excluding hydrogens is 1110 g/mol. The lowest BCUT2D eigenvalue weighted by atomic mass is 10.0. The van der Waals surface area contributed by atoms with Crippen molar-refractivity contribution in [1.29, 1.82) is 0 Å². The van der Waals surface area contributed by atoms with Crippen molar-refractivity contribution in [2.24, 2.45) is 0 Å². The Morgan fingerprint density at radius 1 is 0.187 bits per heavy atom. The first-order valence-corrected chi connectivity index (χ1v) is 30.5. The molecule has 0 radical (unpaired) electrons. The number of hydrogen-bond donors (Lipinski definition) is 4. The van der Waals surface area contributed by atoms with E-state index in [4.69, 9.17) is 13.3 Å². The molecule has 7 nitrogen and oxygen atoms in total. The molecule has 0 saturated heterocycles. The number of nitrogens with one attached hydrogen (secondary N) is 4. The molecule has 0 spiro atoms. The normalized spacial score (nSPS) is 11.1. The maximum absolute atomic E-state index is 5.99. The van der Waals surface area contributed by atoms with Crippen LogP contribution in [-0.2, 0) is 0 Å². The molecule has 7 heteroatoms. The smallest absolute Gasteiger partial charge is 0.158 e. The zero-order chi connectivity index (χ0) is 60.7. The Balaban J connectivity index is 0.000000101. The van der Waals surface area contributed by atoms with Gasteiger partial charge in [-0.05, 0) is 130 Å². The molecule has 3 aromatic heterocycles. The van der Waals surface area contributed by atoms with E-state index in [0.29, 0.717) is 0 Å². The molecule has 18 aromatic rings. The van der Waals surface area contributed by atoms with Gasteiger partial charge in [-0.1, -0.05) is 237 Å². The molecular formula is C84H60N4O3. The number of benzene rings is 15. The molecule has 18 rings (SSSR count). The minimum atomic E-state index is 0.900. The molecule has 0 aliphatic heterocycles. The van der Waals surface area contributed by atoms with Crippen molar-refractivity contribution in [3.05, 3.63) is 340 Å². The third-order valence-corrected chi connectivity index (χ3v) is 16.4. The average Bonchev–Trinajstić information content (AvgIpc) is 1.95. The average molecular weight is 1170 g/mol. The second-order valence-corrected chi connectivity index (χ2v) is 22.3. The van der Waals surface area contributed by atoms with E-state index in [2.05, 4.69) is 234 Å². The van der Waals surface area contributed by atoms with Gasteiger partial charge in [-0.25, -0.2) is 0 Å². The summed E-state index contributed by atoms with van der Waals surface area (Å²) >= 11 is 0. The molecule has 91 heavy (non-hydrogen) atoms. The van der Waals surface area contributed by atoms with E-state index < -0.39 is 0 Å². The number of para-hydroxylation sites is 6. The van der Waals surface area contributed by atoms with Gasteiger partial charge in [0.05, 0.1) is 16.8 Å². The van der Waals surface area contributed by atoms with Gasteiger partial charge in [0, 0.05) is 77.9 Å². The van der Waals surface area contributed by atoms with Crippen LogP contribution in [0.4, 0.5) is 45.5 Å². The zero-order valence-electron chi connectivity index (χ0n) is 49.6. The van der Waals surface area contributed by atoms with Crippen LogP contribution in [0, 0.1) is 0 Å². The van der Waals surface area contributed by atoms with Crippen LogP contribution in [0.15, 0.2) is 353 Å². The van der Waals surface area contributed by atoms with Crippen molar-refractivity contribution >= 4 is 144 Å². The Kier molecular flexibility index (Phi) is 15.3. The summed E-state index contributed by atoms with van der Waals surface area (Å²) < 4.78 is 17.9. The highest BCUT2D eigenvalue weighted by Gasteiger charge is 2.14. The summed E-state index contributed by atoms with van der Waals surface area (Å²) in [5.74, 6) is 0. The first kappa shape index (κ1) is 55.3. The zero-order valence-corrected chi connectivity index (χ0v) is 49.6. The minimum Gasteiger partial charge on any atom is -0.456 e. The van der Waals surface area contributed by atoms with Crippen molar-refractivity contribution in [3.8, 4) is 11.1 Å². The molecule has 0 amide bonds. The standard InChI is InChI=1S/C24H17NO.C22H15NO.C20H15N.C18H13NO/c1-2-6-17(7-3-1)18-10-12-19(13-11-18)25-20-14-15-22-21-8-4-5-9-23(21)26-24(22)16-20;1-2-9-16-15(7-1)8-5-11-18(16)23-19-12-6-14-21-22(19)17-10-3-4-13-20(17)24-21;1-2-9-16(10-3-1)21-20-14-15-8-4-5-11-17(15)18-12-6-7-13-19(18)20;1-2-7-13(8-3-1)19-16-11-6-10-15-14-9-4-5-12-17(14)20-18(15)16/h1-16,25H;1-14,23H;1-14,21H;1-12,19H. The fourth-order valence-electron chi connectivity index (χ4n) is 12.1. The summed E-state index contributed by atoms with van der Waals surface area (Å²) in [6, 6.07) is 116. The van der Waals surface area contributed by atoms with Crippen LogP contribution in [0.5, 0.6) is 0 Å². The van der Waals surface area contributed by atoms with E-state index >= 15 is 0 Å². The van der Waals surface area contributed by atoms with E-state index in [-0.39, 0.29) is 0 Å². The van der Waals surface area contributed by atoms with Gasteiger partial charge in [0.25, 0.3) is 0 Å². The van der Waals surface area contributed by atoms with Crippen LogP contribution in [0.1, 0.15) is 0 Å². The molecule has 0 bridgehead atoms. The largest absolute Gasteiger partial charge is 0.456 e. The predicted molar refractivity (Wildman–Crippen MR) is 384 cm³/mol. The molecule has 0 fully saturated rings. The Bertz CT molecular complexity index is 5540. The van der Waals surface area contributed by atoms with Crippen LogP contribution >= 0.6 is 0 Å². The topological polar surface area (TPSA) is 87.5 Å². The van der Waals surface area contributed by atoms with Crippen molar-refractivity contribution < 1.29 is 13.3 Å². The quantitative estimate of drug-likeness (QED) is 0.107. The van der Waals surface area contributed by atoms with Gasteiger partial charge in [-0.3, -0.25) is 0 Å². The van der Waals surface area contributed by atoms with E-state index in [1.165, 1.54) is 43.4 Å². The number of furan rings is 3. The van der Waals surface area contributed by atoms with Gasteiger partial charge >= 0.3 is 0 Å². The van der Waals surface area contributed by atoms with Crippen molar-refractivity contribution in [2.75, 3.05) is 21.3 Å². The summed E-state index contributed by atoms with van der Waals surface area (Å²) in [6.07, 6.45) is 0. The molecule has 0 saturated carbocycles. The SMILES string of the molecule is c1ccc(-c2ccc(Nc3ccc4c(c3)oc3ccccc34)cc2)cc1.c1ccc(Nc2cc3ccccc3c3ccccc23)cc1.c1ccc(Nc2cccc3c2oc2ccccc23)cc1.c1ccc2c(Nc3cccc4oc5ccccc5c34)cccc2c1. The second-order valence-electron chi connectivity index (χ2n) is 22.3. The summed E-state index contributed by atoms with van der Waals surface area (Å²) in [6.45, 7) is 0. The van der Waals surface area contributed by atoms with Crippen molar-refractivity contribution in [3.63, 3.8) is 0 Å². The van der Waals surface area contributed by atoms with Crippen LogP contribution in [0.3, 0.4) is 0 Å². The van der Waals surface area contributed by atoms with Gasteiger partial charge in [-0.2, -0.15) is 0 Å². The van der Waals surface area contributed by atoms with Crippen LogP contribution in [0.25, 0.3) is 109 Å². The lowest BCUT2D eigenvalue weighted by Crippen LogP contribution is -1.92. The summed E-state index contributed by atoms with van der Waals surface area (Å²) in [5.41, 5.74) is 16.4. The predicted octanol–water partition coefficient (Wildman–Crippen LogP) is 24.5. The Morgan fingerprint density at radius 2 is 0.626 bits per heavy atom. The van der Waals surface area contributed by atoms with Gasteiger partial charge in [-0.15, -0.1) is 0 Å². The number of rotatable bonds is 9. The summed E-state index contributed by atoms with van der Waals surface area (Å²) in [7, 11) is 0. The third-order valence-electron chi connectivity index (χ3n) is 16.4. The Morgan fingerprint density at radius 3 is 1.35 bits per heavy atom. The monoisotopic (exact) mass is 1170 g/mol. The molecule has 15 aromatic carbocycles. The van der Waals surface area contributed by atoms with Crippen LogP contribution < -0.4 is 21.3 Å². The lowest BCUT2D eigenvalue weighted by molar-refractivity contribution is 0.668. The van der Waals surface area contributed by atoms with Crippen LogP contribution in [-0.4, -0.2) is 0 Å². The van der Waals surface area contributed by atoms with Crippen molar-refractivity contribution in [2.45, 2.75) is 0 Å². The van der Waals surface area contributed by atoms with Gasteiger partial charge < -0.3 is 34.5 Å². The minimum absolute atomic E-state index is 0.900. The first-order chi connectivity index (χ1) is 45.1. The summed E-state index contributed by atoms with van der Waals surface area (Å²) in [4.78, 5) is 0. The third kappa shape index (κ3) is 11.7. The second kappa shape index (κ2) is 25.2. The molecule has 0 unspecified atom stereocenters. The highest BCUT2D eigenvalue weighted by atomic mass is 16.3. The van der Waals surface area contributed by atoms with E-state index in [0.717, 1.165) is 111 Å². The molecule has 0 aliphatic carbocycles. The Labute approximate surface area is 526 Å². The molecule has 0 atom stereocenters.